The first-order chi connectivity index (χ1) is 8.79. The van der Waals surface area contributed by atoms with Crippen molar-refractivity contribution in [3.8, 4) is 5.69 Å². The highest BCUT2D eigenvalue weighted by atomic mass is 35.5. The smallest absolute Gasteiger partial charge is 0.110 e. The monoisotopic (exact) mass is 256 g/mol. The van der Waals surface area contributed by atoms with Crippen molar-refractivity contribution in [2.45, 2.75) is 12.8 Å². The van der Waals surface area contributed by atoms with E-state index in [2.05, 4.69) is 52.0 Å². The van der Waals surface area contributed by atoms with Gasteiger partial charge < -0.3 is 0 Å². The molecule has 0 radical (unpaired) electrons. The molecular weight excluding hydrogens is 244 g/mol. The van der Waals surface area contributed by atoms with E-state index in [1.165, 1.54) is 10.8 Å². The first-order valence-electron chi connectivity index (χ1n) is 5.88. The first-order valence-corrected chi connectivity index (χ1v) is 6.41. The number of nitrogens with zero attached hydrogens (tertiary/aromatic N) is 2. The summed E-state index contributed by atoms with van der Waals surface area (Å²) in [7, 11) is 0. The molecular formula is C15H13ClN2. The van der Waals surface area contributed by atoms with E-state index in [4.69, 9.17) is 11.6 Å². The zero-order valence-electron chi connectivity index (χ0n) is 10.1. The summed E-state index contributed by atoms with van der Waals surface area (Å²) in [4.78, 5) is 4.32. The summed E-state index contributed by atoms with van der Waals surface area (Å²) in [6.45, 7) is 1.99. The molecule has 0 bridgehead atoms. The number of hydrogen-bond acceptors (Lipinski definition) is 1. The number of rotatable bonds is 2. The van der Waals surface area contributed by atoms with Crippen LogP contribution in [0.1, 0.15) is 11.5 Å². The third-order valence-electron chi connectivity index (χ3n) is 3.14. The molecule has 0 spiro atoms. The highest BCUT2D eigenvalue weighted by Gasteiger charge is 2.08. The number of hydrogen-bond donors (Lipinski definition) is 0. The van der Waals surface area contributed by atoms with Crippen LogP contribution in [0.2, 0.25) is 0 Å². The number of fused-ring (bicyclic) bond motifs is 1. The van der Waals surface area contributed by atoms with E-state index in [0.29, 0.717) is 5.88 Å². The Morgan fingerprint density at radius 2 is 1.89 bits per heavy atom. The van der Waals surface area contributed by atoms with Crippen LogP contribution in [0.4, 0.5) is 0 Å². The fourth-order valence-corrected chi connectivity index (χ4v) is 2.44. The number of imidazole rings is 1. The van der Waals surface area contributed by atoms with Crippen LogP contribution in [0.3, 0.4) is 0 Å². The van der Waals surface area contributed by atoms with Crippen molar-refractivity contribution in [1.82, 2.24) is 9.55 Å². The Morgan fingerprint density at radius 1 is 1.11 bits per heavy atom. The lowest BCUT2D eigenvalue weighted by Gasteiger charge is -2.10. The lowest BCUT2D eigenvalue weighted by molar-refractivity contribution is 0.934. The fraction of sp³-hybridized carbons (Fsp3) is 0.133. The Labute approximate surface area is 111 Å². The Balaban J connectivity index is 2.22. The van der Waals surface area contributed by atoms with Crippen molar-refractivity contribution in [2.24, 2.45) is 0 Å². The van der Waals surface area contributed by atoms with Gasteiger partial charge in [-0.2, -0.15) is 0 Å². The van der Waals surface area contributed by atoms with Gasteiger partial charge in [0, 0.05) is 5.69 Å². The molecule has 1 aromatic heterocycles. The maximum atomic E-state index is 5.95. The Kier molecular flexibility index (Phi) is 2.80. The van der Waals surface area contributed by atoms with E-state index in [0.717, 1.165) is 17.2 Å². The minimum absolute atomic E-state index is 0.466. The van der Waals surface area contributed by atoms with Crippen molar-refractivity contribution in [2.75, 3.05) is 0 Å². The van der Waals surface area contributed by atoms with E-state index in [1.807, 2.05) is 13.1 Å². The summed E-state index contributed by atoms with van der Waals surface area (Å²) in [5.74, 6) is 1.43. The van der Waals surface area contributed by atoms with Gasteiger partial charge in [0.25, 0.3) is 0 Å². The maximum absolute atomic E-state index is 5.95. The number of aromatic nitrogens is 2. The molecule has 0 aliphatic heterocycles. The molecule has 1 heterocycles. The molecule has 0 atom stereocenters. The molecule has 3 aromatic rings. The molecule has 0 amide bonds. The van der Waals surface area contributed by atoms with Gasteiger partial charge in [-0.05, 0) is 29.8 Å². The molecule has 18 heavy (non-hydrogen) atoms. The van der Waals surface area contributed by atoms with Gasteiger partial charge in [-0.25, -0.2) is 4.98 Å². The SMILES string of the molecule is Cc1ncc(CCl)n1-c1ccc2ccccc2c1. The number of alkyl halides is 1. The molecule has 0 aliphatic rings. The lowest BCUT2D eigenvalue weighted by atomic mass is 10.1. The second-order valence-electron chi connectivity index (χ2n) is 4.30. The minimum Gasteiger partial charge on any atom is -0.300 e. The van der Waals surface area contributed by atoms with Gasteiger partial charge in [0.15, 0.2) is 0 Å². The number of halogens is 1. The van der Waals surface area contributed by atoms with Gasteiger partial charge in [0.1, 0.15) is 5.82 Å². The van der Waals surface area contributed by atoms with Gasteiger partial charge in [0.2, 0.25) is 0 Å². The highest BCUT2D eigenvalue weighted by molar-refractivity contribution is 6.16. The van der Waals surface area contributed by atoms with E-state index in [1.54, 1.807) is 0 Å². The maximum Gasteiger partial charge on any atom is 0.110 e. The van der Waals surface area contributed by atoms with Crippen molar-refractivity contribution >= 4 is 22.4 Å². The van der Waals surface area contributed by atoms with Gasteiger partial charge in [0.05, 0.1) is 17.8 Å². The average molecular weight is 257 g/mol. The van der Waals surface area contributed by atoms with Gasteiger partial charge in [-0.3, -0.25) is 4.57 Å². The molecule has 0 aliphatic carbocycles. The van der Waals surface area contributed by atoms with E-state index < -0.39 is 0 Å². The number of aryl methyl sites for hydroxylation is 1. The molecule has 0 saturated heterocycles. The van der Waals surface area contributed by atoms with Gasteiger partial charge >= 0.3 is 0 Å². The Bertz CT molecular complexity index is 701. The quantitative estimate of drug-likeness (QED) is 0.632. The summed E-state index contributed by atoms with van der Waals surface area (Å²) in [5, 5.41) is 2.47. The number of benzene rings is 2. The Hall–Kier alpha value is -1.80. The van der Waals surface area contributed by atoms with Crippen molar-refractivity contribution < 1.29 is 0 Å². The second kappa shape index (κ2) is 4.46. The zero-order chi connectivity index (χ0) is 12.5. The summed E-state index contributed by atoms with van der Waals surface area (Å²) >= 11 is 5.95. The fourth-order valence-electron chi connectivity index (χ4n) is 2.25. The molecule has 3 heteroatoms. The third kappa shape index (κ3) is 1.79. The molecule has 0 fully saturated rings. The molecule has 0 unspecified atom stereocenters. The second-order valence-corrected chi connectivity index (χ2v) is 4.56. The van der Waals surface area contributed by atoms with Crippen LogP contribution in [-0.2, 0) is 5.88 Å². The summed E-state index contributed by atoms with van der Waals surface area (Å²) in [6.07, 6.45) is 1.83. The first kappa shape index (κ1) is 11.3. The molecule has 2 nitrogen and oxygen atoms in total. The summed E-state index contributed by atoms with van der Waals surface area (Å²) in [6, 6.07) is 14.7. The van der Waals surface area contributed by atoms with Crippen LogP contribution < -0.4 is 0 Å². The molecule has 90 valence electrons. The molecule has 0 N–H and O–H groups in total. The lowest BCUT2D eigenvalue weighted by Crippen LogP contribution is -2.00. The predicted molar refractivity (Wildman–Crippen MR) is 75.4 cm³/mol. The molecule has 0 saturated carbocycles. The topological polar surface area (TPSA) is 17.8 Å². The molecule has 2 aromatic carbocycles. The van der Waals surface area contributed by atoms with E-state index in [-0.39, 0.29) is 0 Å². The largest absolute Gasteiger partial charge is 0.300 e. The van der Waals surface area contributed by atoms with Crippen LogP contribution in [-0.4, -0.2) is 9.55 Å². The van der Waals surface area contributed by atoms with Crippen LogP contribution in [0, 0.1) is 6.92 Å². The zero-order valence-corrected chi connectivity index (χ0v) is 10.9. The average Bonchev–Trinajstić information content (AvgIpc) is 2.79. The van der Waals surface area contributed by atoms with Crippen molar-refractivity contribution in [1.29, 1.82) is 0 Å². The van der Waals surface area contributed by atoms with Crippen LogP contribution in [0.5, 0.6) is 0 Å². The summed E-state index contributed by atoms with van der Waals surface area (Å²) < 4.78 is 2.10. The van der Waals surface area contributed by atoms with Crippen LogP contribution in [0.25, 0.3) is 16.5 Å². The van der Waals surface area contributed by atoms with E-state index >= 15 is 0 Å². The summed E-state index contributed by atoms with van der Waals surface area (Å²) in [5.41, 5.74) is 2.13. The van der Waals surface area contributed by atoms with Crippen molar-refractivity contribution in [3.05, 3.63) is 60.2 Å². The highest BCUT2D eigenvalue weighted by Crippen LogP contribution is 2.21. The Morgan fingerprint density at radius 3 is 2.67 bits per heavy atom. The standard InChI is InChI=1S/C15H13ClN2/c1-11-17-10-15(9-16)18(11)14-7-6-12-4-2-3-5-13(12)8-14/h2-8,10H,9H2,1H3. The van der Waals surface area contributed by atoms with Crippen molar-refractivity contribution in [3.63, 3.8) is 0 Å². The van der Waals surface area contributed by atoms with Crippen LogP contribution >= 0.6 is 11.6 Å². The van der Waals surface area contributed by atoms with E-state index in [9.17, 15) is 0 Å². The minimum atomic E-state index is 0.466. The third-order valence-corrected chi connectivity index (χ3v) is 3.41. The normalized spacial score (nSPS) is 11.0. The molecule has 3 rings (SSSR count). The van der Waals surface area contributed by atoms with Gasteiger partial charge in [-0.1, -0.05) is 30.3 Å². The van der Waals surface area contributed by atoms with Gasteiger partial charge in [-0.15, -0.1) is 11.6 Å². The predicted octanol–water partition coefficient (Wildman–Crippen LogP) is 4.07. The van der Waals surface area contributed by atoms with Crippen LogP contribution in [0.15, 0.2) is 48.7 Å².